The summed E-state index contributed by atoms with van der Waals surface area (Å²) in [6, 6.07) is 19.4. The van der Waals surface area contributed by atoms with E-state index in [1.165, 1.54) is 12.3 Å². The van der Waals surface area contributed by atoms with Gasteiger partial charge >= 0.3 is 0 Å². The monoisotopic (exact) mass is 432 g/mol. The summed E-state index contributed by atoms with van der Waals surface area (Å²) in [4.78, 5) is 12.2. The van der Waals surface area contributed by atoms with Crippen LogP contribution in [0.2, 0.25) is 15.1 Å². The molecule has 0 aliphatic heterocycles. The minimum absolute atomic E-state index is 0.302. The van der Waals surface area contributed by atoms with Crippen molar-refractivity contribution in [3.63, 3.8) is 0 Å². The number of benzene rings is 3. The summed E-state index contributed by atoms with van der Waals surface area (Å²) in [7, 11) is 0. The lowest BCUT2D eigenvalue weighted by atomic mass is 10.2. The van der Waals surface area contributed by atoms with Crippen molar-refractivity contribution in [1.82, 2.24) is 5.43 Å². The van der Waals surface area contributed by atoms with Crippen molar-refractivity contribution >= 4 is 46.9 Å². The Labute approximate surface area is 177 Å². The molecule has 0 bridgehead atoms. The minimum Gasteiger partial charge on any atom is -0.488 e. The van der Waals surface area contributed by atoms with E-state index in [0.29, 0.717) is 38.6 Å². The fourth-order valence-electron chi connectivity index (χ4n) is 2.35. The number of halogens is 3. The molecule has 0 aliphatic carbocycles. The van der Waals surface area contributed by atoms with Gasteiger partial charge in [0.25, 0.3) is 5.91 Å². The molecule has 0 aromatic heterocycles. The Morgan fingerprint density at radius 3 is 2.46 bits per heavy atom. The van der Waals surface area contributed by atoms with Crippen molar-refractivity contribution in [2.45, 2.75) is 6.61 Å². The maximum Gasteiger partial charge on any atom is 0.271 e. The van der Waals surface area contributed by atoms with Gasteiger partial charge < -0.3 is 4.74 Å². The highest BCUT2D eigenvalue weighted by Gasteiger charge is 2.08. The van der Waals surface area contributed by atoms with Crippen LogP contribution in [0.25, 0.3) is 0 Å². The normalized spacial score (nSPS) is 10.8. The fourth-order valence-corrected chi connectivity index (χ4v) is 2.84. The van der Waals surface area contributed by atoms with Gasteiger partial charge in [-0.25, -0.2) is 5.43 Å². The van der Waals surface area contributed by atoms with Crippen molar-refractivity contribution in [2.75, 3.05) is 0 Å². The van der Waals surface area contributed by atoms with Crippen molar-refractivity contribution in [2.24, 2.45) is 5.10 Å². The summed E-state index contributed by atoms with van der Waals surface area (Å²) in [5.41, 5.74) is 4.40. The summed E-state index contributed by atoms with van der Waals surface area (Å²) >= 11 is 17.9. The molecule has 142 valence electrons. The topological polar surface area (TPSA) is 50.7 Å². The van der Waals surface area contributed by atoms with Crippen LogP contribution in [-0.2, 0) is 6.61 Å². The Morgan fingerprint density at radius 1 is 0.929 bits per heavy atom. The van der Waals surface area contributed by atoms with Crippen molar-refractivity contribution in [3.05, 3.63) is 98.5 Å². The molecule has 1 amide bonds. The zero-order chi connectivity index (χ0) is 19.9. The van der Waals surface area contributed by atoms with Crippen LogP contribution in [-0.4, -0.2) is 12.1 Å². The first-order valence-corrected chi connectivity index (χ1v) is 9.41. The second-order valence-corrected chi connectivity index (χ2v) is 6.97. The van der Waals surface area contributed by atoms with Crippen LogP contribution in [0, 0.1) is 0 Å². The van der Waals surface area contributed by atoms with E-state index in [1.807, 2.05) is 48.5 Å². The van der Waals surface area contributed by atoms with Gasteiger partial charge in [0.15, 0.2) is 0 Å². The van der Waals surface area contributed by atoms with Crippen molar-refractivity contribution in [1.29, 1.82) is 0 Å². The third-order valence-corrected chi connectivity index (χ3v) is 4.92. The summed E-state index contributed by atoms with van der Waals surface area (Å²) in [6.07, 6.45) is 1.51. The highest BCUT2D eigenvalue weighted by Crippen LogP contribution is 2.23. The highest BCUT2D eigenvalue weighted by molar-refractivity contribution is 6.42. The molecule has 0 radical (unpaired) electrons. The second kappa shape index (κ2) is 9.60. The first-order chi connectivity index (χ1) is 13.5. The molecular weight excluding hydrogens is 419 g/mol. The Bertz CT molecular complexity index is 1020. The predicted molar refractivity (Wildman–Crippen MR) is 114 cm³/mol. The van der Waals surface area contributed by atoms with Crippen molar-refractivity contribution < 1.29 is 9.53 Å². The van der Waals surface area contributed by atoms with Crippen LogP contribution < -0.4 is 10.2 Å². The molecule has 1 N–H and O–H groups in total. The van der Waals surface area contributed by atoms with Gasteiger partial charge in [-0.1, -0.05) is 65.1 Å². The number of ether oxygens (including phenoxy) is 1. The summed E-state index contributed by atoms with van der Waals surface area (Å²) in [6.45, 7) is 0.320. The number of hydrogen-bond donors (Lipinski definition) is 1. The highest BCUT2D eigenvalue weighted by atomic mass is 35.5. The minimum atomic E-state index is -0.399. The Hall–Kier alpha value is -2.53. The Kier molecular flexibility index (Phi) is 6.93. The molecule has 3 aromatic carbocycles. The maximum atomic E-state index is 12.2. The van der Waals surface area contributed by atoms with Gasteiger partial charge in [0, 0.05) is 21.7 Å². The number of para-hydroxylation sites is 1. The number of carbonyl (C=O) groups is 1. The number of hydrazone groups is 1. The van der Waals surface area contributed by atoms with E-state index in [-0.39, 0.29) is 0 Å². The van der Waals surface area contributed by atoms with Gasteiger partial charge in [-0.3, -0.25) is 4.79 Å². The molecule has 0 unspecified atom stereocenters. The Morgan fingerprint density at radius 2 is 1.68 bits per heavy atom. The van der Waals surface area contributed by atoms with E-state index >= 15 is 0 Å². The van der Waals surface area contributed by atoms with Crippen molar-refractivity contribution in [3.8, 4) is 5.75 Å². The molecule has 28 heavy (non-hydrogen) atoms. The average molecular weight is 434 g/mol. The zero-order valence-corrected chi connectivity index (χ0v) is 16.8. The molecular formula is C21H15Cl3N2O2. The molecule has 0 atom stereocenters. The Balaban J connectivity index is 1.66. The third kappa shape index (κ3) is 5.26. The first kappa shape index (κ1) is 20.2. The summed E-state index contributed by atoms with van der Waals surface area (Å²) in [5.74, 6) is 0.222. The predicted octanol–water partition coefficient (Wildman–Crippen LogP) is 5.99. The zero-order valence-electron chi connectivity index (χ0n) is 14.5. The molecule has 0 aliphatic rings. The molecule has 0 spiro atoms. The molecule has 0 fully saturated rings. The number of hydrogen-bond acceptors (Lipinski definition) is 3. The van der Waals surface area contributed by atoms with Crippen LogP contribution in [0.15, 0.2) is 71.8 Å². The quantitative estimate of drug-likeness (QED) is 0.383. The van der Waals surface area contributed by atoms with Crippen LogP contribution in [0.3, 0.4) is 0 Å². The second-order valence-electron chi connectivity index (χ2n) is 5.75. The smallest absolute Gasteiger partial charge is 0.271 e. The van der Waals surface area contributed by atoms with Gasteiger partial charge in [-0.2, -0.15) is 5.10 Å². The molecule has 7 heteroatoms. The number of rotatable bonds is 6. The first-order valence-electron chi connectivity index (χ1n) is 8.28. The number of nitrogens with zero attached hydrogens (tertiary/aromatic N) is 1. The van der Waals surface area contributed by atoms with E-state index in [4.69, 9.17) is 39.5 Å². The van der Waals surface area contributed by atoms with E-state index in [1.54, 1.807) is 12.1 Å². The molecule has 0 heterocycles. The van der Waals surface area contributed by atoms with Gasteiger partial charge in [0.1, 0.15) is 12.4 Å². The average Bonchev–Trinajstić information content (AvgIpc) is 2.70. The summed E-state index contributed by atoms with van der Waals surface area (Å²) < 4.78 is 5.85. The van der Waals surface area contributed by atoms with Gasteiger partial charge in [-0.15, -0.1) is 0 Å². The molecule has 4 nitrogen and oxygen atoms in total. The lowest BCUT2D eigenvalue weighted by Crippen LogP contribution is -2.17. The van der Waals surface area contributed by atoms with Gasteiger partial charge in [-0.05, 0) is 36.4 Å². The molecule has 0 saturated carbocycles. The maximum absolute atomic E-state index is 12.2. The van der Waals surface area contributed by atoms with Gasteiger partial charge in [0.2, 0.25) is 0 Å². The lowest BCUT2D eigenvalue weighted by molar-refractivity contribution is 0.0955. The standard InChI is InChI=1S/C21H15Cl3N2O2/c22-17-7-3-1-6-16(17)13-28-20-8-4-2-5-15(20)12-25-26-21(27)14-9-10-18(23)19(24)11-14/h1-12H,13H2,(H,26,27)/b25-12-. The van der Waals surface area contributed by atoms with E-state index in [0.717, 1.165) is 5.56 Å². The van der Waals surface area contributed by atoms with E-state index in [9.17, 15) is 4.79 Å². The SMILES string of the molecule is O=C(N/N=C\c1ccccc1OCc1ccccc1Cl)c1ccc(Cl)c(Cl)c1. The van der Waals surface area contributed by atoms with Crippen LogP contribution in [0.4, 0.5) is 0 Å². The van der Waals surface area contributed by atoms with E-state index in [2.05, 4.69) is 10.5 Å². The number of amides is 1. The molecule has 0 saturated heterocycles. The fraction of sp³-hybridized carbons (Fsp3) is 0.0476. The largest absolute Gasteiger partial charge is 0.488 e. The lowest BCUT2D eigenvalue weighted by Gasteiger charge is -2.10. The molecule has 3 aromatic rings. The van der Waals surface area contributed by atoms with Crippen LogP contribution >= 0.6 is 34.8 Å². The number of carbonyl (C=O) groups excluding carboxylic acids is 1. The summed E-state index contributed by atoms with van der Waals surface area (Å²) in [5, 5.41) is 5.32. The molecule has 3 rings (SSSR count). The van der Waals surface area contributed by atoms with Crippen LogP contribution in [0.5, 0.6) is 5.75 Å². The van der Waals surface area contributed by atoms with E-state index < -0.39 is 5.91 Å². The number of nitrogens with one attached hydrogen (secondary N) is 1. The van der Waals surface area contributed by atoms with Gasteiger partial charge in [0.05, 0.1) is 16.3 Å². The third-order valence-electron chi connectivity index (χ3n) is 3.81. The van der Waals surface area contributed by atoms with Crippen LogP contribution in [0.1, 0.15) is 21.5 Å².